The van der Waals surface area contributed by atoms with E-state index in [0.717, 1.165) is 5.46 Å². The van der Waals surface area contributed by atoms with Crippen LogP contribution in [0.5, 0.6) is 0 Å². The number of hydrogen-bond donors (Lipinski definition) is 0. The Morgan fingerprint density at radius 1 is 0.960 bits per heavy atom. The van der Waals surface area contributed by atoms with E-state index in [1.165, 1.54) is 0 Å². The highest BCUT2D eigenvalue weighted by molar-refractivity contribution is 6.62. The molecule has 0 radical (unpaired) electrons. The molecule has 1 aromatic carbocycles. The smallest absolute Gasteiger partial charge is 0.399 e. The number of benzene rings is 1. The maximum Gasteiger partial charge on any atom is 0.494 e. The van der Waals surface area contributed by atoms with E-state index >= 15 is 0 Å². The Bertz CT molecular complexity index is 564. The number of rotatable bonds is 2. The van der Waals surface area contributed by atoms with E-state index in [1.54, 1.807) is 0 Å². The predicted molar refractivity (Wildman–Crippen MR) is 100 cm³/mol. The average molecular weight is 347 g/mol. The summed E-state index contributed by atoms with van der Waals surface area (Å²) in [6.45, 7) is 14.6. The van der Waals surface area contributed by atoms with Crippen molar-refractivity contribution in [3.63, 3.8) is 0 Å². The van der Waals surface area contributed by atoms with Gasteiger partial charge in [0.05, 0.1) is 24.4 Å². The summed E-state index contributed by atoms with van der Waals surface area (Å²) >= 11 is 0. The lowest BCUT2D eigenvalue weighted by Gasteiger charge is -2.32. The van der Waals surface area contributed by atoms with Gasteiger partial charge in [-0.1, -0.05) is 26.0 Å². The van der Waals surface area contributed by atoms with Crippen molar-refractivity contribution in [3.05, 3.63) is 29.8 Å². The summed E-state index contributed by atoms with van der Waals surface area (Å²) in [6, 6.07) is 7.52. The Kier molecular flexibility index (Phi) is 6.30. The van der Waals surface area contributed by atoms with Crippen LogP contribution in [0.15, 0.2) is 24.3 Å². The van der Waals surface area contributed by atoms with Crippen molar-refractivity contribution >= 4 is 18.5 Å². The summed E-state index contributed by atoms with van der Waals surface area (Å²) in [4.78, 5) is 14.3. The van der Waals surface area contributed by atoms with Gasteiger partial charge in [-0.15, -0.1) is 0 Å². The Hall–Kier alpha value is -1.37. The molecule has 0 aliphatic carbocycles. The highest BCUT2D eigenvalue weighted by atomic mass is 16.7. The molecule has 0 spiro atoms. The molecule has 0 bridgehead atoms. The van der Waals surface area contributed by atoms with Crippen LogP contribution >= 0.6 is 0 Å². The number of ether oxygens (including phenoxy) is 1. The van der Waals surface area contributed by atoms with Gasteiger partial charge >= 0.3 is 7.12 Å². The molecule has 1 aromatic rings. The minimum atomic E-state index is -0.396. The standard InChI is InChI=1S/C17H24BNO4.C2H6/c1-16(2)17(3,4)23-18(22-16)14-7-5-13(6-8-14)15(20)19-9-11-21-12-10-19;1-2/h5-8H,9-12H2,1-4H3;1-2H3. The van der Waals surface area contributed by atoms with Gasteiger partial charge in [0.1, 0.15) is 0 Å². The Balaban J connectivity index is 0.00000109. The fourth-order valence-corrected chi connectivity index (χ4v) is 2.71. The van der Waals surface area contributed by atoms with Crippen LogP contribution in [0, 0.1) is 0 Å². The fraction of sp³-hybridized carbons (Fsp3) is 0.632. The first kappa shape index (κ1) is 20.0. The van der Waals surface area contributed by atoms with E-state index < -0.39 is 7.12 Å². The van der Waals surface area contributed by atoms with Gasteiger partial charge in [-0.3, -0.25) is 4.79 Å². The van der Waals surface area contributed by atoms with Crippen molar-refractivity contribution < 1.29 is 18.8 Å². The largest absolute Gasteiger partial charge is 0.494 e. The van der Waals surface area contributed by atoms with Gasteiger partial charge in [-0.25, -0.2) is 0 Å². The minimum Gasteiger partial charge on any atom is -0.399 e. The molecule has 6 heteroatoms. The number of nitrogens with zero attached hydrogens (tertiary/aromatic N) is 1. The summed E-state index contributed by atoms with van der Waals surface area (Å²) in [7, 11) is -0.396. The van der Waals surface area contributed by atoms with Crippen molar-refractivity contribution in [1.29, 1.82) is 0 Å². The Morgan fingerprint density at radius 3 is 1.92 bits per heavy atom. The van der Waals surface area contributed by atoms with E-state index in [0.29, 0.717) is 31.9 Å². The highest BCUT2D eigenvalue weighted by Crippen LogP contribution is 2.36. The van der Waals surface area contributed by atoms with Crippen LogP contribution in [0.4, 0.5) is 0 Å². The number of amides is 1. The fourth-order valence-electron chi connectivity index (χ4n) is 2.71. The monoisotopic (exact) mass is 347 g/mol. The number of carbonyl (C=O) groups excluding carboxylic acids is 1. The highest BCUT2D eigenvalue weighted by Gasteiger charge is 2.51. The first-order valence-electron chi connectivity index (χ1n) is 9.13. The molecule has 2 fully saturated rings. The van der Waals surface area contributed by atoms with Crippen molar-refractivity contribution in [2.75, 3.05) is 26.3 Å². The summed E-state index contributed by atoms with van der Waals surface area (Å²) in [6.07, 6.45) is 0. The van der Waals surface area contributed by atoms with Crippen molar-refractivity contribution in [1.82, 2.24) is 4.90 Å². The quantitative estimate of drug-likeness (QED) is 0.772. The molecular formula is C19H30BNO4. The maximum atomic E-state index is 12.4. The number of hydrogen-bond acceptors (Lipinski definition) is 4. The molecule has 0 unspecified atom stereocenters. The molecule has 25 heavy (non-hydrogen) atoms. The van der Waals surface area contributed by atoms with Crippen LogP contribution in [0.1, 0.15) is 51.9 Å². The third kappa shape index (κ3) is 4.25. The molecule has 2 aliphatic heterocycles. The second-order valence-electron chi connectivity index (χ2n) is 7.11. The third-order valence-electron chi connectivity index (χ3n) is 4.98. The SMILES string of the molecule is CC.CC1(C)OB(c2ccc(C(=O)N3CCOCC3)cc2)OC1(C)C. The molecule has 138 valence electrons. The van der Waals surface area contributed by atoms with E-state index in [-0.39, 0.29) is 17.1 Å². The zero-order valence-corrected chi connectivity index (χ0v) is 16.3. The van der Waals surface area contributed by atoms with Crippen LogP contribution in [-0.2, 0) is 14.0 Å². The summed E-state index contributed by atoms with van der Waals surface area (Å²) in [5.41, 5.74) is 0.897. The summed E-state index contributed by atoms with van der Waals surface area (Å²) < 4.78 is 17.3. The van der Waals surface area contributed by atoms with E-state index in [1.807, 2.05) is 70.7 Å². The van der Waals surface area contributed by atoms with Gasteiger partial charge in [0.25, 0.3) is 5.91 Å². The molecule has 2 aliphatic rings. The van der Waals surface area contributed by atoms with E-state index in [9.17, 15) is 4.79 Å². The van der Waals surface area contributed by atoms with E-state index in [4.69, 9.17) is 14.0 Å². The summed E-state index contributed by atoms with van der Waals surface area (Å²) in [5.74, 6) is 0.0498. The molecule has 2 heterocycles. The molecule has 0 aromatic heterocycles. The molecule has 1 amide bonds. The van der Waals surface area contributed by atoms with Gasteiger partial charge in [-0.2, -0.15) is 0 Å². The Morgan fingerprint density at radius 2 is 1.44 bits per heavy atom. The molecular weight excluding hydrogens is 317 g/mol. The second-order valence-corrected chi connectivity index (χ2v) is 7.11. The Labute approximate surface area is 151 Å². The lowest BCUT2D eigenvalue weighted by atomic mass is 9.79. The molecule has 3 rings (SSSR count). The third-order valence-corrected chi connectivity index (χ3v) is 4.98. The van der Waals surface area contributed by atoms with Crippen LogP contribution in [0.2, 0.25) is 0 Å². The number of carbonyl (C=O) groups is 1. The van der Waals surface area contributed by atoms with Crippen LogP contribution in [0.3, 0.4) is 0 Å². The molecule has 0 atom stereocenters. The molecule has 0 saturated carbocycles. The van der Waals surface area contributed by atoms with Gasteiger partial charge in [0.15, 0.2) is 0 Å². The number of morpholine rings is 1. The van der Waals surface area contributed by atoms with Crippen LogP contribution in [-0.4, -0.2) is 55.4 Å². The zero-order chi connectivity index (χ0) is 18.7. The topological polar surface area (TPSA) is 48.0 Å². The molecule has 0 N–H and O–H groups in total. The van der Waals surface area contributed by atoms with Gasteiger partial charge in [0, 0.05) is 18.7 Å². The van der Waals surface area contributed by atoms with Crippen molar-refractivity contribution in [2.45, 2.75) is 52.7 Å². The minimum absolute atomic E-state index is 0.0498. The lowest BCUT2D eigenvalue weighted by Crippen LogP contribution is -2.41. The van der Waals surface area contributed by atoms with Gasteiger partial charge < -0.3 is 18.9 Å². The van der Waals surface area contributed by atoms with Gasteiger partial charge in [-0.05, 0) is 45.3 Å². The average Bonchev–Trinajstić information content (AvgIpc) is 2.85. The summed E-state index contributed by atoms with van der Waals surface area (Å²) in [5, 5.41) is 0. The first-order valence-corrected chi connectivity index (χ1v) is 9.13. The zero-order valence-electron chi connectivity index (χ0n) is 16.3. The maximum absolute atomic E-state index is 12.4. The molecule has 2 saturated heterocycles. The molecule has 5 nitrogen and oxygen atoms in total. The van der Waals surface area contributed by atoms with E-state index in [2.05, 4.69) is 0 Å². The van der Waals surface area contributed by atoms with Gasteiger partial charge in [0.2, 0.25) is 0 Å². The lowest BCUT2D eigenvalue weighted by molar-refractivity contribution is 0.00578. The first-order chi connectivity index (χ1) is 11.8. The van der Waals surface area contributed by atoms with Crippen LogP contribution < -0.4 is 5.46 Å². The second kappa shape index (κ2) is 7.89. The normalized spacial score (nSPS) is 21.5. The predicted octanol–water partition coefficient (Wildman–Crippen LogP) is 2.48. The van der Waals surface area contributed by atoms with Crippen molar-refractivity contribution in [3.8, 4) is 0 Å². The van der Waals surface area contributed by atoms with Crippen LogP contribution in [0.25, 0.3) is 0 Å². The van der Waals surface area contributed by atoms with Crippen molar-refractivity contribution in [2.24, 2.45) is 0 Å².